The Labute approximate surface area is 104 Å². The summed E-state index contributed by atoms with van der Waals surface area (Å²) in [6.45, 7) is -0.241. The van der Waals surface area contributed by atoms with E-state index in [-0.39, 0.29) is 16.7 Å². The summed E-state index contributed by atoms with van der Waals surface area (Å²) in [5.74, 6) is -1.33. The second kappa shape index (κ2) is 5.58. The quantitative estimate of drug-likeness (QED) is 0.523. The highest BCUT2D eigenvalue weighted by Crippen LogP contribution is 2.30. The van der Waals surface area contributed by atoms with E-state index in [2.05, 4.69) is 26.0 Å². The van der Waals surface area contributed by atoms with Gasteiger partial charge in [0.15, 0.2) is 0 Å². The van der Waals surface area contributed by atoms with Crippen molar-refractivity contribution in [2.24, 2.45) is 0 Å². The van der Waals surface area contributed by atoms with Crippen molar-refractivity contribution in [1.82, 2.24) is 0 Å². The van der Waals surface area contributed by atoms with Gasteiger partial charge in [-0.15, -0.1) is 0 Å². The minimum Gasteiger partial charge on any atom is -0.468 e. The fourth-order valence-electron chi connectivity index (χ4n) is 1.07. The highest BCUT2D eigenvalue weighted by atomic mass is 79.9. The SMILES string of the molecule is COC(=O)CNc1cc(Br)c(F)cc1[N+](=O)[O-]. The standard InChI is InChI=1S/C9H8BrFN2O4/c1-17-9(14)4-12-7-2-5(10)6(11)3-8(7)13(15)16/h2-3,12H,4H2,1H3. The van der Waals surface area contributed by atoms with Crippen molar-refractivity contribution in [3.05, 3.63) is 32.5 Å². The van der Waals surface area contributed by atoms with Crippen molar-refractivity contribution in [2.75, 3.05) is 19.0 Å². The van der Waals surface area contributed by atoms with Gasteiger partial charge in [-0.3, -0.25) is 14.9 Å². The molecule has 0 saturated heterocycles. The Bertz CT molecular complexity index is 467. The summed E-state index contributed by atoms with van der Waals surface area (Å²) < 4.78 is 17.5. The van der Waals surface area contributed by atoms with E-state index in [1.165, 1.54) is 13.2 Å². The number of benzene rings is 1. The first-order valence-electron chi connectivity index (χ1n) is 4.40. The number of hydrogen-bond acceptors (Lipinski definition) is 5. The maximum atomic E-state index is 13.1. The topological polar surface area (TPSA) is 81.5 Å². The fraction of sp³-hybridized carbons (Fsp3) is 0.222. The summed E-state index contributed by atoms with van der Waals surface area (Å²) in [5.41, 5.74) is -0.414. The molecule has 0 atom stereocenters. The lowest BCUT2D eigenvalue weighted by Gasteiger charge is -2.06. The summed E-state index contributed by atoms with van der Waals surface area (Å²) >= 11 is 2.90. The van der Waals surface area contributed by atoms with E-state index in [9.17, 15) is 19.3 Å². The van der Waals surface area contributed by atoms with Gasteiger partial charge in [0, 0.05) is 0 Å². The van der Waals surface area contributed by atoms with Crippen LogP contribution in [0.3, 0.4) is 0 Å². The zero-order valence-corrected chi connectivity index (χ0v) is 10.3. The number of nitro groups is 1. The maximum Gasteiger partial charge on any atom is 0.325 e. The van der Waals surface area contributed by atoms with Crippen LogP contribution in [0.15, 0.2) is 16.6 Å². The number of carbonyl (C=O) groups excluding carboxylic acids is 1. The maximum absolute atomic E-state index is 13.1. The molecule has 1 N–H and O–H groups in total. The molecule has 0 spiro atoms. The van der Waals surface area contributed by atoms with Gasteiger partial charge in [-0.05, 0) is 22.0 Å². The van der Waals surface area contributed by atoms with Crippen molar-refractivity contribution in [3.8, 4) is 0 Å². The highest BCUT2D eigenvalue weighted by Gasteiger charge is 2.18. The van der Waals surface area contributed by atoms with Crippen LogP contribution >= 0.6 is 15.9 Å². The van der Waals surface area contributed by atoms with E-state index in [1.807, 2.05) is 0 Å². The molecule has 0 amide bonds. The number of hydrogen-bond donors (Lipinski definition) is 1. The molecule has 0 aliphatic carbocycles. The number of rotatable bonds is 4. The normalized spacial score (nSPS) is 9.82. The third-order valence-electron chi connectivity index (χ3n) is 1.89. The van der Waals surface area contributed by atoms with E-state index in [1.54, 1.807) is 0 Å². The Morgan fingerprint density at radius 2 is 2.29 bits per heavy atom. The first-order chi connectivity index (χ1) is 7.95. The summed E-state index contributed by atoms with van der Waals surface area (Å²) in [7, 11) is 1.19. The Balaban J connectivity index is 3.00. The monoisotopic (exact) mass is 306 g/mol. The summed E-state index contributed by atoms with van der Waals surface area (Å²) in [4.78, 5) is 20.8. The molecule has 1 rings (SSSR count). The molecule has 0 aliphatic heterocycles. The van der Waals surface area contributed by atoms with Crippen molar-refractivity contribution >= 4 is 33.3 Å². The second-order valence-electron chi connectivity index (χ2n) is 2.97. The predicted octanol–water partition coefficient (Wildman–Crippen LogP) is 2.08. The van der Waals surface area contributed by atoms with Gasteiger partial charge < -0.3 is 10.1 Å². The van der Waals surface area contributed by atoms with Crippen LogP contribution in [0.2, 0.25) is 0 Å². The lowest BCUT2D eigenvalue weighted by Crippen LogP contribution is -2.15. The Hall–Kier alpha value is -1.70. The second-order valence-corrected chi connectivity index (χ2v) is 3.82. The van der Waals surface area contributed by atoms with Crippen LogP contribution in [-0.2, 0) is 9.53 Å². The van der Waals surface area contributed by atoms with Crippen LogP contribution in [-0.4, -0.2) is 24.5 Å². The van der Waals surface area contributed by atoms with Gasteiger partial charge in [0.05, 0.1) is 22.6 Å². The number of nitrogens with zero attached hydrogens (tertiary/aromatic N) is 1. The van der Waals surface area contributed by atoms with Crippen LogP contribution in [0.4, 0.5) is 15.8 Å². The Morgan fingerprint density at radius 3 is 2.82 bits per heavy atom. The van der Waals surface area contributed by atoms with Gasteiger partial charge in [-0.2, -0.15) is 0 Å². The van der Waals surface area contributed by atoms with E-state index >= 15 is 0 Å². The van der Waals surface area contributed by atoms with Crippen LogP contribution < -0.4 is 5.32 Å². The number of esters is 1. The highest BCUT2D eigenvalue weighted by molar-refractivity contribution is 9.10. The van der Waals surface area contributed by atoms with Crippen molar-refractivity contribution in [3.63, 3.8) is 0 Å². The molecule has 0 radical (unpaired) electrons. The molecule has 17 heavy (non-hydrogen) atoms. The van der Waals surface area contributed by atoms with Gasteiger partial charge in [0.25, 0.3) is 5.69 Å². The lowest BCUT2D eigenvalue weighted by atomic mass is 10.2. The summed E-state index contributed by atoms with van der Waals surface area (Å²) in [5, 5.41) is 13.2. The van der Waals surface area contributed by atoms with Crippen molar-refractivity contribution < 1.29 is 18.8 Å². The van der Waals surface area contributed by atoms with Gasteiger partial charge >= 0.3 is 5.97 Å². The number of ether oxygens (including phenoxy) is 1. The first-order valence-corrected chi connectivity index (χ1v) is 5.19. The van der Waals surface area contributed by atoms with Crippen LogP contribution in [0.1, 0.15) is 0 Å². The zero-order valence-electron chi connectivity index (χ0n) is 8.70. The van der Waals surface area contributed by atoms with Crippen molar-refractivity contribution in [2.45, 2.75) is 0 Å². The van der Waals surface area contributed by atoms with Crippen LogP contribution in [0.25, 0.3) is 0 Å². The molecule has 1 aromatic rings. The third-order valence-corrected chi connectivity index (χ3v) is 2.49. The molecule has 0 aromatic heterocycles. The largest absolute Gasteiger partial charge is 0.468 e. The number of anilines is 1. The molecule has 0 bridgehead atoms. The molecule has 8 heteroatoms. The Kier molecular flexibility index (Phi) is 4.38. The molecule has 0 heterocycles. The average Bonchev–Trinajstić information content (AvgIpc) is 2.29. The molecule has 6 nitrogen and oxygen atoms in total. The smallest absolute Gasteiger partial charge is 0.325 e. The minimum absolute atomic E-state index is 0.0358. The van der Waals surface area contributed by atoms with E-state index in [0.717, 1.165) is 6.07 Å². The molecule has 0 unspecified atom stereocenters. The number of nitrogens with one attached hydrogen (secondary N) is 1. The summed E-state index contributed by atoms with van der Waals surface area (Å²) in [6, 6.07) is 1.96. The van der Waals surface area contributed by atoms with Crippen molar-refractivity contribution in [1.29, 1.82) is 0 Å². The number of nitro benzene ring substituents is 1. The first kappa shape index (κ1) is 13.4. The van der Waals surface area contributed by atoms with Gasteiger partial charge in [-0.1, -0.05) is 0 Å². The zero-order chi connectivity index (χ0) is 13.0. The molecule has 0 fully saturated rings. The van der Waals surface area contributed by atoms with E-state index < -0.39 is 22.4 Å². The molecule has 0 saturated carbocycles. The van der Waals surface area contributed by atoms with Crippen LogP contribution in [0.5, 0.6) is 0 Å². The minimum atomic E-state index is -0.750. The van der Waals surface area contributed by atoms with Gasteiger partial charge in [-0.25, -0.2) is 4.39 Å². The fourth-order valence-corrected chi connectivity index (χ4v) is 1.41. The van der Waals surface area contributed by atoms with E-state index in [0.29, 0.717) is 0 Å². The molecule has 1 aromatic carbocycles. The third kappa shape index (κ3) is 3.38. The van der Waals surface area contributed by atoms with Crippen LogP contribution in [0, 0.1) is 15.9 Å². The summed E-state index contributed by atoms with van der Waals surface area (Å²) in [6.07, 6.45) is 0. The predicted molar refractivity (Wildman–Crippen MR) is 61.3 cm³/mol. The van der Waals surface area contributed by atoms with E-state index in [4.69, 9.17) is 0 Å². The van der Waals surface area contributed by atoms with Gasteiger partial charge in [0.2, 0.25) is 0 Å². The molecular weight excluding hydrogens is 299 g/mol. The molecule has 0 aliphatic rings. The molecule has 92 valence electrons. The Morgan fingerprint density at radius 1 is 1.65 bits per heavy atom. The number of halogens is 2. The lowest BCUT2D eigenvalue weighted by molar-refractivity contribution is -0.384. The number of methoxy groups -OCH3 is 1. The average molecular weight is 307 g/mol. The number of carbonyl (C=O) groups is 1. The van der Waals surface area contributed by atoms with Gasteiger partial charge in [0.1, 0.15) is 18.0 Å². The molecular formula is C9H8BrFN2O4.